The molecule has 0 aliphatic rings. The highest BCUT2D eigenvalue weighted by Crippen LogP contribution is 2.28. The van der Waals surface area contributed by atoms with E-state index in [1.807, 2.05) is 42.0 Å². The second-order valence-electron chi connectivity index (χ2n) is 4.76. The van der Waals surface area contributed by atoms with Crippen molar-refractivity contribution in [2.24, 2.45) is 0 Å². The van der Waals surface area contributed by atoms with E-state index < -0.39 is 0 Å². The maximum absolute atomic E-state index is 4.51. The fourth-order valence-electron chi connectivity index (χ4n) is 2.57. The first kappa shape index (κ1) is 11.1. The zero-order valence-corrected chi connectivity index (χ0v) is 11.0. The van der Waals surface area contributed by atoms with Gasteiger partial charge in [-0.3, -0.25) is 4.98 Å². The lowest BCUT2D eigenvalue weighted by molar-refractivity contribution is 0.917. The van der Waals surface area contributed by atoms with Gasteiger partial charge in [-0.15, -0.1) is 0 Å². The SMILES string of the molecule is Cc1nn2cccnc2c1-c1ccc2ncccc2c1. The summed E-state index contributed by atoms with van der Waals surface area (Å²) < 4.78 is 1.82. The number of hydrogen-bond acceptors (Lipinski definition) is 3. The number of fused-ring (bicyclic) bond motifs is 2. The normalized spacial score (nSPS) is 11.2. The van der Waals surface area contributed by atoms with Gasteiger partial charge in [-0.05, 0) is 36.8 Å². The molecule has 1 aromatic carbocycles. The van der Waals surface area contributed by atoms with Gasteiger partial charge in [0.1, 0.15) is 0 Å². The molecule has 4 aromatic rings. The fraction of sp³-hybridized carbons (Fsp3) is 0.0625. The predicted octanol–water partition coefficient (Wildman–Crippen LogP) is 3.25. The van der Waals surface area contributed by atoms with Crippen LogP contribution in [0.2, 0.25) is 0 Å². The molecule has 0 radical (unpaired) electrons. The van der Waals surface area contributed by atoms with Crippen LogP contribution >= 0.6 is 0 Å². The maximum Gasteiger partial charge on any atom is 0.163 e. The number of rotatable bonds is 1. The maximum atomic E-state index is 4.51. The molecule has 96 valence electrons. The van der Waals surface area contributed by atoms with Gasteiger partial charge in [-0.25, -0.2) is 9.50 Å². The van der Waals surface area contributed by atoms with Crippen LogP contribution in [0.15, 0.2) is 55.0 Å². The molecule has 0 bridgehead atoms. The molecule has 0 spiro atoms. The van der Waals surface area contributed by atoms with Gasteiger partial charge in [0.2, 0.25) is 0 Å². The molecular formula is C16H12N4. The van der Waals surface area contributed by atoms with Crippen molar-refractivity contribution in [3.8, 4) is 11.1 Å². The molecule has 20 heavy (non-hydrogen) atoms. The highest BCUT2D eigenvalue weighted by Gasteiger charge is 2.12. The second-order valence-corrected chi connectivity index (χ2v) is 4.76. The summed E-state index contributed by atoms with van der Waals surface area (Å²) in [6.07, 6.45) is 5.52. The summed E-state index contributed by atoms with van der Waals surface area (Å²) in [6, 6.07) is 12.2. The van der Waals surface area contributed by atoms with Crippen molar-refractivity contribution < 1.29 is 0 Å². The predicted molar refractivity (Wildman–Crippen MR) is 78.5 cm³/mol. The van der Waals surface area contributed by atoms with E-state index in [4.69, 9.17) is 0 Å². The van der Waals surface area contributed by atoms with E-state index in [9.17, 15) is 0 Å². The van der Waals surface area contributed by atoms with E-state index in [0.717, 1.165) is 33.4 Å². The number of benzene rings is 1. The van der Waals surface area contributed by atoms with E-state index in [-0.39, 0.29) is 0 Å². The average molecular weight is 260 g/mol. The molecule has 3 aromatic heterocycles. The van der Waals surface area contributed by atoms with Gasteiger partial charge in [-0.1, -0.05) is 12.1 Å². The van der Waals surface area contributed by atoms with E-state index in [1.54, 1.807) is 6.20 Å². The third kappa shape index (κ3) is 1.58. The third-order valence-electron chi connectivity index (χ3n) is 3.46. The van der Waals surface area contributed by atoms with Crippen molar-refractivity contribution in [2.45, 2.75) is 6.92 Å². The zero-order valence-electron chi connectivity index (χ0n) is 11.0. The van der Waals surface area contributed by atoms with E-state index in [0.29, 0.717) is 0 Å². The van der Waals surface area contributed by atoms with E-state index >= 15 is 0 Å². The van der Waals surface area contributed by atoms with Crippen LogP contribution in [0.25, 0.3) is 27.7 Å². The largest absolute Gasteiger partial charge is 0.256 e. The molecule has 0 aliphatic heterocycles. The highest BCUT2D eigenvalue weighted by atomic mass is 15.2. The van der Waals surface area contributed by atoms with Gasteiger partial charge >= 0.3 is 0 Å². The molecule has 0 atom stereocenters. The minimum Gasteiger partial charge on any atom is -0.256 e. The highest BCUT2D eigenvalue weighted by molar-refractivity contribution is 5.88. The van der Waals surface area contributed by atoms with Gasteiger partial charge in [0.15, 0.2) is 5.65 Å². The lowest BCUT2D eigenvalue weighted by Crippen LogP contribution is -1.87. The van der Waals surface area contributed by atoms with E-state index in [2.05, 4.69) is 33.3 Å². The van der Waals surface area contributed by atoms with Gasteiger partial charge < -0.3 is 0 Å². The monoisotopic (exact) mass is 260 g/mol. The van der Waals surface area contributed by atoms with Crippen molar-refractivity contribution in [1.82, 2.24) is 19.6 Å². The zero-order chi connectivity index (χ0) is 13.5. The summed E-state index contributed by atoms with van der Waals surface area (Å²) in [4.78, 5) is 8.80. The van der Waals surface area contributed by atoms with Crippen LogP contribution in [0.1, 0.15) is 5.69 Å². The van der Waals surface area contributed by atoms with Gasteiger partial charge in [-0.2, -0.15) is 5.10 Å². The Hall–Kier alpha value is -2.75. The minimum absolute atomic E-state index is 0.883. The molecule has 0 fully saturated rings. The Kier molecular flexibility index (Phi) is 2.29. The van der Waals surface area contributed by atoms with Crippen molar-refractivity contribution in [3.05, 3.63) is 60.7 Å². The Labute approximate surface area is 115 Å². The van der Waals surface area contributed by atoms with Crippen LogP contribution in [0.3, 0.4) is 0 Å². The quantitative estimate of drug-likeness (QED) is 0.527. The first-order valence-electron chi connectivity index (χ1n) is 6.48. The Balaban J connectivity index is 2.03. The van der Waals surface area contributed by atoms with E-state index in [1.165, 1.54) is 0 Å². The molecule has 0 saturated carbocycles. The smallest absolute Gasteiger partial charge is 0.163 e. The Morgan fingerprint density at radius 3 is 2.85 bits per heavy atom. The number of aryl methyl sites for hydroxylation is 1. The van der Waals surface area contributed by atoms with Crippen LogP contribution in [-0.4, -0.2) is 19.6 Å². The molecule has 0 amide bonds. The Morgan fingerprint density at radius 1 is 1.00 bits per heavy atom. The van der Waals surface area contributed by atoms with Crippen LogP contribution in [0, 0.1) is 6.92 Å². The van der Waals surface area contributed by atoms with Gasteiger partial charge in [0.05, 0.1) is 11.2 Å². The van der Waals surface area contributed by atoms with Crippen LogP contribution in [0.4, 0.5) is 0 Å². The number of pyridine rings is 1. The van der Waals surface area contributed by atoms with Crippen LogP contribution in [-0.2, 0) is 0 Å². The number of hydrogen-bond donors (Lipinski definition) is 0. The Morgan fingerprint density at radius 2 is 1.90 bits per heavy atom. The van der Waals surface area contributed by atoms with Gasteiger partial charge in [0, 0.05) is 29.5 Å². The molecular weight excluding hydrogens is 248 g/mol. The lowest BCUT2D eigenvalue weighted by Gasteiger charge is -2.02. The summed E-state index contributed by atoms with van der Waals surface area (Å²) in [6.45, 7) is 2.01. The molecule has 4 nitrogen and oxygen atoms in total. The topological polar surface area (TPSA) is 43.1 Å². The van der Waals surface area contributed by atoms with Crippen molar-refractivity contribution in [2.75, 3.05) is 0 Å². The number of aromatic nitrogens is 4. The van der Waals surface area contributed by atoms with Crippen molar-refractivity contribution in [1.29, 1.82) is 0 Å². The molecule has 4 heteroatoms. The lowest BCUT2D eigenvalue weighted by atomic mass is 10.0. The summed E-state index contributed by atoms with van der Waals surface area (Å²) in [5.41, 5.74) is 5.06. The van der Waals surface area contributed by atoms with Gasteiger partial charge in [0.25, 0.3) is 0 Å². The molecule has 4 rings (SSSR count). The first-order chi connectivity index (χ1) is 9.83. The standard InChI is InChI=1S/C16H12N4/c1-11-15(16-18-8-3-9-20(16)19-11)13-5-6-14-12(10-13)4-2-7-17-14/h2-10H,1H3. The Bertz CT molecular complexity index is 924. The molecule has 0 aliphatic carbocycles. The van der Waals surface area contributed by atoms with Crippen LogP contribution in [0.5, 0.6) is 0 Å². The van der Waals surface area contributed by atoms with Crippen molar-refractivity contribution >= 4 is 16.6 Å². The summed E-state index contributed by atoms with van der Waals surface area (Å²) in [7, 11) is 0. The summed E-state index contributed by atoms with van der Waals surface area (Å²) in [5.74, 6) is 0. The fourth-order valence-corrected chi connectivity index (χ4v) is 2.57. The van der Waals surface area contributed by atoms with Crippen LogP contribution < -0.4 is 0 Å². The summed E-state index contributed by atoms with van der Waals surface area (Å²) in [5, 5.41) is 5.63. The molecule has 0 N–H and O–H groups in total. The van der Waals surface area contributed by atoms with Crippen molar-refractivity contribution in [3.63, 3.8) is 0 Å². The molecule has 0 saturated heterocycles. The first-order valence-corrected chi connectivity index (χ1v) is 6.48. The average Bonchev–Trinajstić information content (AvgIpc) is 2.82. The summed E-state index contributed by atoms with van der Waals surface area (Å²) >= 11 is 0. The minimum atomic E-state index is 0.883. The molecule has 0 unspecified atom stereocenters. The number of nitrogens with zero attached hydrogens (tertiary/aromatic N) is 4. The molecule has 3 heterocycles. The second kappa shape index (κ2) is 4.13. The third-order valence-corrected chi connectivity index (χ3v) is 3.46.